The molecular weight excluding hydrogens is 513 g/mol. The Bertz CT molecular complexity index is 1270. The summed E-state index contributed by atoms with van der Waals surface area (Å²) in [4.78, 5) is 29.7. The molecule has 37 heavy (non-hydrogen) atoms. The molecular formula is C28H33Cl2N3O4. The number of benzene rings is 2. The maximum absolute atomic E-state index is 12.5. The zero-order valence-corrected chi connectivity index (χ0v) is 22.6. The van der Waals surface area contributed by atoms with Gasteiger partial charge in [0.25, 0.3) is 5.56 Å². The van der Waals surface area contributed by atoms with Crippen molar-refractivity contribution in [3.63, 3.8) is 0 Å². The fourth-order valence-corrected chi connectivity index (χ4v) is 4.85. The van der Waals surface area contributed by atoms with Gasteiger partial charge in [-0.05, 0) is 61.5 Å². The maximum Gasteiger partial charge on any atom is 0.421 e. The number of ether oxygens (including phenoxy) is 2. The lowest BCUT2D eigenvalue weighted by molar-refractivity contribution is 0.146. The highest BCUT2D eigenvalue weighted by Crippen LogP contribution is 2.32. The molecule has 1 aliphatic heterocycles. The topological polar surface area (TPSA) is 64.0 Å². The molecule has 0 amide bonds. The van der Waals surface area contributed by atoms with Gasteiger partial charge in [-0.25, -0.2) is 9.36 Å². The molecule has 0 radical (unpaired) electrons. The van der Waals surface area contributed by atoms with Crippen LogP contribution in [-0.4, -0.2) is 61.5 Å². The number of aromatic nitrogens is 1. The van der Waals surface area contributed by atoms with Crippen molar-refractivity contribution in [2.24, 2.45) is 0 Å². The summed E-state index contributed by atoms with van der Waals surface area (Å²) in [5.74, 6) is 0.625. The first-order chi connectivity index (χ1) is 18.0. The van der Waals surface area contributed by atoms with E-state index < -0.39 is 11.7 Å². The van der Waals surface area contributed by atoms with E-state index in [0.29, 0.717) is 27.9 Å². The number of rotatable bonds is 10. The number of hydrogen-bond acceptors (Lipinski definition) is 6. The van der Waals surface area contributed by atoms with Crippen LogP contribution in [-0.2, 0) is 4.74 Å². The van der Waals surface area contributed by atoms with E-state index >= 15 is 0 Å². The molecule has 2 heterocycles. The van der Waals surface area contributed by atoms with Crippen molar-refractivity contribution in [2.45, 2.75) is 32.6 Å². The van der Waals surface area contributed by atoms with Crippen LogP contribution in [0, 0.1) is 0 Å². The summed E-state index contributed by atoms with van der Waals surface area (Å²) in [5.41, 5.74) is 1.07. The molecule has 3 aromatic rings. The average molecular weight is 546 g/mol. The predicted octanol–water partition coefficient (Wildman–Crippen LogP) is 6.07. The van der Waals surface area contributed by atoms with Gasteiger partial charge < -0.3 is 14.4 Å². The number of unbranched alkanes of at least 4 members (excludes halogenated alkanes) is 2. The summed E-state index contributed by atoms with van der Waals surface area (Å²) in [6, 6.07) is 14.3. The Balaban J connectivity index is 1.25. The fraction of sp³-hybridized carbons (Fsp3) is 0.429. The van der Waals surface area contributed by atoms with Crippen molar-refractivity contribution in [1.29, 1.82) is 0 Å². The second-order valence-corrected chi connectivity index (χ2v) is 9.94. The molecule has 0 spiro atoms. The van der Waals surface area contributed by atoms with E-state index in [1.165, 1.54) is 6.07 Å². The van der Waals surface area contributed by atoms with Crippen molar-refractivity contribution in [1.82, 2.24) is 9.47 Å². The summed E-state index contributed by atoms with van der Waals surface area (Å²) < 4.78 is 12.3. The van der Waals surface area contributed by atoms with Gasteiger partial charge in [0.1, 0.15) is 5.75 Å². The number of hydrogen-bond donors (Lipinski definition) is 0. The van der Waals surface area contributed by atoms with Crippen molar-refractivity contribution in [3.8, 4) is 5.75 Å². The van der Waals surface area contributed by atoms with Gasteiger partial charge in [0, 0.05) is 38.3 Å². The smallest absolute Gasteiger partial charge is 0.421 e. The number of carbonyl (C=O) groups excluding carboxylic acids is 1. The highest BCUT2D eigenvalue weighted by molar-refractivity contribution is 6.43. The standard InChI is InChI=1S/C28H33Cl2N3O4/c1-2-3-18-37-28(35)33-25-20-22(11-9-21(25)10-12-26(33)34)36-19-5-4-13-31-14-16-32(17-15-31)24-8-6-7-23(29)27(24)30/h6-12,20H,2-5,13-19H2,1H3. The van der Waals surface area contributed by atoms with Gasteiger partial charge in [-0.1, -0.05) is 42.6 Å². The molecule has 2 aromatic carbocycles. The van der Waals surface area contributed by atoms with Gasteiger partial charge in [0.05, 0.1) is 34.5 Å². The Labute approximate surface area is 227 Å². The van der Waals surface area contributed by atoms with Gasteiger partial charge in [-0.2, -0.15) is 0 Å². The first-order valence-corrected chi connectivity index (χ1v) is 13.6. The van der Waals surface area contributed by atoms with Gasteiger partial charge in [-0.3, -0.25) is 9.69 Å². The third-order valence-corrected chi connectivity index (χ3v) is 7.37. The number of carbonyl (C=O) groups is 1. The van der Waals surface area contributed by atoms with Crippen molar-refractivity contribution in [2.75, 3.05) is 50.8 Å². The lowest BCUT2D eigenvalue weighted by atomic mass is 10.2. The summed E-state index contributed by atoms with van der Waals surface area (Å²) >= 11 is 12.5. The van der Waals surface area contributed by atoms with Crippen molar-refractivity contribution < 1.29 is 14.3 Å². The Kier molecular flexibility index (Phi) is 9.72. The van der Waals surface area contributed by atoms with E-state index in [0.717, 1.165) is 74.0 Å². The molecule has 0 bridgehead atoms. The van der Waals surface area contributed by atoms with Crippen LogP contribution in [0.15, 0.2) is 53.3 Å². The van der Waals surface area contributed by atoms with E-state index in [9.17, 15) is 9.59 Å². The number of fused-ring (bicyclic) bond motifs is 1. The van der Waals surface area contributed by atoms with E-state index in [1.807, 2.05) is 37.3 Å². The molecule has 0 saturated carbocycles. The minimum Gasteiger partial charge on any atom is -0.494 e. The molecule has 0 aliphatic carbocycles. The molecule has 0 N–H and O–H groups in total. The van der Waals surface area contributed by atoms with Gasteiger partial charge >= 0.3 is 6.09 Å². The van der Waals surface area contributed by atoms with E-state index in [1.54, 1.807) is 12.1 Å². The number of piperazine rings is 1. The molecule has 198 valence electrons. The largest absolute Gasteiger partial charge is 0.494 e. The minimum absolute atomic E-state index is 0.289. The minimum atomic E-state index is -0.654. The zero-order chi connectivity index (χ0) is 26.2. The lowest BCUT2D eigenvalue weighted by Gasteiger charge is -2.36. The van der Waals surface area contributed by atoms with Crippen LogP contribution in [0.2, 0.25) is 10.0 Å². The Hall–Kier alpha value is -2.74. The van der Waals surface area contributed by atoms with Crippen LogP contribution in [0.4, 0.5) is 10.5 Å². The van der Waals surface area contributed by atoms with E-state index in [-0.39, 0.29) is 6.61 Å². The third kappa shape index (κ3) is 6.98. The molecule has 7 nitrogen and oxygen atoms in total. The maximum atomic E-state index is 12.5. The van der Waals surface area contributed by atoms with Gasteiger partial charge in [0.15, 0.2) is 0 Å². The molecule has 9 heteroatoms. The van der Waals surface area contributed by atoms with Crippen LogP contribution in [0.3, 0.4) is 0 Å². The van der Waals surface area contributed by atoms with E-state index in [4.69, 9.17) is 32.7 Å². The summed E-state index contributed by atoms with van der Waals surface area (Å²) in [7, 11) is 0. The predicted molar refractivity (Wildman–Crippen MR) is 150 cm³/mol. The molecule has 1 fully saturated rings. The zero-order valence-electron chi connectivity index (χ0n) is 21.1. The fourth-order valence-electron chi connectivity index (χ4n) is 4.44. The van der Waals surface area contributed by atoms with Crippen molar-refractivity contribution >= 4 is 45.9 Å². The Morgan fingerprint density at radius 1 is 0.946 bits per heavy atom. The van der Waals surface area contributed by atoms with Crippen molar-refractivity contribution in [3.05, 3.63) is 68.9 Å². The average Bonchev–Trinajstić information content (AvgIpc) is 2.90. The number of anilines is 1. The van der Waals surface area contributed by atoms with Gasteiger partial charge in [0.2, 0.25) is 0 Å². The Morgan fingerprint density at radius 3 is 2.51 bits per heavy atom. The number of halogens is 2. The highest BCUT2D eigenvalue weighted by atomic mass is 35.5. The second kappa shape index (κ2) is 13.2. The summed E-state index contributed by atoms with van der Waals surface area (Å²) in [6.45, 7) is 7.63. The number of nitrogens with zero attached hydrogens (tertiary/aromatic N) is 3. The monoisotopic (exact) mass is 545 g/mol. The highest BCUT2D eigenvalue weighted by Gasteiger charge is 2.19. The molecule has 0 unspecified atom stereocenters. The molecule has 1 saturated heterocycles. The quantitative estimate of drug-likeness (QED) is 0.288. The van der Waals surface area contributed by atoms with E-state index in [2.05, 4.69) is 9.80 Å². The molecule has 1 aromatic heterocycles. The first kappa shape index (κ1) is 27.3. The summed E-state index contributed by atoms with van der Waals surface area (Å²) in [6.07, 6.45) is 2.92. The van der Waals surface area contributed by atoms with Crippen LogP contribution in [0.1, 0.15) is 32.6 Å². The third-order valence-electron chi connectivity index (χ3n) is 6.56. The molecule has 0 atom stereocenters. The second-order valence-electron chi connectivity index (χ2n) is 9.15. The number of pyridine rings is 1. The molecule has 4 rings (SSSR count). The van der Waals surface area contributed by atoms with Crippen LogP contribution in [0.5, 0.6) is 5.75 Å². The SMILES string of the molecule is CCCCOC(=O)n1c(=O)ccc2ccc(OCCCCN3CCN(c4cccc(Cl)c4Cl)CC3)cc21. The van der Waals surface area contributed by atoms with Crippen LogP contribution >= 0.6 is 23.2 Å². The molecule has 1 aliphatic rings. The first-order valence-electron chi connectivity index (χ1n) is 12.8. The summed E-state index contributed by atoms with van der Waals surface area (Å²) in [5, 5.41) is 1.98. The Morgan fingerprint density at radius 2 is 1.73 bits per heavy atom. The lowest BCUT2D eigenvalue weighted by Crippen LogP contribution is -2.46. The normalized spacial score (nSPS) is 14.2. The van der Waals surface area contributed by atoms with Crippen LogP contribution in [0.25, 0.3) is 10.9 Å². The van der Waals surface area contributed by atoms with Gasteiger partial charge in [-0.15, -0.1) is 0 Å². The van der Waals surface area contributed by atoms with Crippen LogP contribution < -0.4 is 15.2 Å².